The lowest BCUT2D eigenvalue weighted by molar-refractivity contribution is -0.398. The van der Waals surface area contributed by atoms with E-state index in [2.05, 4.69) is 0 Å². The van der Waals surface area contributed by atoms with E-state index in [1.165, 1.54) is 21.3 Å². The van der Waals surface area contributed by atoms with Crippen LogP contribution in [0.15, 0.2) is 0 Å². The number of rotatable bonds is 5. The van der Waals surface area contributed by atoms with E-state index in [1.807, 2.05) is 0 Å². The SMILES string of the molecule is CO[C@H]1OC(OC2[C@@H](OC)O[C@@H](OC)[C@H](O)[C@H]2O)C(O)[C@@H](O)C1O. The van der Waals surface area contributed by atoms with E-state index >= 15 is 0 Å². The molecule has 11 heteroatoms. The zero-order valence-corrected chi connectivity index (χ0v) is 13.5. The molecule has 0 amide bonds. The number of ether oxygens (including phenoxy) is 6. The fourth-order valence-electron chi connectivity index (χ4n) is 2.62. The van der Waals surface area contributed by atoms with Crippen molar-refractivity contribution in [2.45, 2.75) is 61.8 Å². The number of hydrogen-bond acceptors (Lipinski definition) is 11. The van der Waals surface area contributed by atoms with Gasteiger partial charge in [-0.15, -0.1) is 0 Å². The standard InChI is InChI=1S/C13H24O11/c1-19-10-6(16)4(14)7(17)12(23-10)22-9-5(15)8(18)11(20-2)24-13(9)21-3/h4-18H,1-3H3/t4-,5+,6?,7?,8+,9?,10-,11+,12?,13-/m0/s1. The predicted molar refractivity (Wildman–Crippen MR) is 73.3 cm³/mol. The molecule has 10 atom stereocenters. The zero-order valence-electron chi connectivity index (χ0n) is 13.5. The minimum Gasteiger partial charge on any atom is -0.387 e. The van der Waals surface area contributed by atoms with Crippen molar-refractivity contribution in [3.8, 4) is 0 Å². The largest absolute Gasteiger partial charge is 0.387 e. The van der Waals surface area contributed by atoms with E-state index in [9.17, 15) is 25.5 Å². The first-order valence-corrected chi connectivity index (χ1v) is 7.30. The minimum atomic E-state index is -1.63. The molecular formula is C13H24O11. The molecule has 24 heavy (non-hydrogen) atoms. The molecule has 2 aliphatic heterocycles. The van der Waals surface area contributed by atoms with Crippen molar-refractivity contribution in [3.63, 3.8) is 0 Å². The molecule has 0 spiro atoms. The highest BCUT2D eigenvalue weighted by Crippen LogP contribution is 2.29. The Bertz CT molecular complexity index is 392. The molecule has 0 aliphatic carbocycles. The van der Waals surface area contributed by atoms with Crippen molar-refractivity contribution >= 4 is 0 Å². The Hall–Kier alpha value is -0.440. The molecule has 0 aromatic rings. The van der Waals surface area contributed by atoms with E-state index in [-0.39, 0.29) is 0 Å². The van der Waals surface area contributed by atoms with Crippen LogP contribution in [0.1, 0.15) is 0 Å². The first-order chi connectivity index (χ1) is 11.3. The van der Waals surface area contributed by atoms with Gasteiger partial charge in [0.15, 0.2) is 25.2 Å². The van der Waals surface area contributed by atoms with E-state index < -0.39 is 61.8 Å². The molecule has 2 aliphatic rings. The van der Waals surface area contributed by atoms with Crippen LogP contribution in [0.3, 0.4) is 0 Å². The lowest BCUT2D eigenvalue weighted by atomic mass is 10.0. The van der Waals surface area contributed by atoms with Gasteiger partial charge in [0.05, 0.1) is 0 Å². The summed E-state index contributed by atoms with van der Waals surface area (Å²) in [5.41, 5.74) is 0. The predicted octanol–water partition coefficient (Wildman–Crippen LogP) is -3.52. The van der Waals surface area contributed by atoms with Crippen LogP contribution in [-0.2, 0) is 28.4 Å². The zero-order chi connectivity index (χ0) is 18.0. The van der Waals surface area contributed by atoms with Crippen molar-refractivity contribution < 1.29 is 54.0 Å². The number of aliphatic hydroxyl groups is 5. The van der Waals surface area contributed by atoms with Crippen LogP contribution >= 0.6 is 0 Å². The van der Waals surface area contributed by atoms with Gasteiger partial charge in [-0.2, -0.15) is 0 Å². The number of methoxy groups -OCH3 is 3. The van der Waals surface area contributed by atoms with Gasteiger partial charge in [0.25, 0.3) is 0 Å². The van der Waals surface area contributed by atoms with E-state index in [4.69, 9.17) is 28.4 Å². The van der Waals surface area contributed by atoms with Gasteiger partial charge < -0.3 is 54.0 Å². The van der Waals surface area contributed by atoms with E-state index in [1.54, 1.807) is 0 Å². The quantitative estimate of drug-likeness (QED) is 0.333. The number of hydrogen-bond donors (Lipinski definition) is 5. The van der Waals surface area contributed by atoms with Crippen molar-refractivity contribution in [2.24, 2.45) is 0 Å². The molecule has 11 nitrogen and oxygen atoms in total. The van der Waals surface area contributed by atoms with E-state index in [0.717, 1.165) is 0 Å². The second-order valence-electron chi connectivity index (χ2n) is 5.51. The van der Waals surface area contributed by atoms with Gasteiger partial charge in [-0.1, -0.05) is 0 Å². The van der Waals surface area contributed by atoms with Crippen molar-refractivity contribution in [2.75, 3.05) is 21.3 Å². The molecule has 142 valence electrons. The molecule has 2 heterocycles. The van der Waals surface area contributed by atoms with Gasteiger partial charge >= 0.3 is 0 Å². The van der Waals surface area contributed by atoms with Gasteiger partial charge in [-0.05, 0) is 0 Å². The molecular weight excluding hydrogens is 332 g/mol. The summed E-state index contributed by atoms with van der Waals surface area (Å²) in [6.45, 7) is 0. The average molecular weight is 356 g/mol. The topological polar surface area (TPSA) is 157 Å². The molecule has 0 radical (unpaired) electrons. The van der Waals surface area contributed by atoms with Crippen LogP contribution in [0.5, 0.6) is 0 Å². The minimum absolute atomic E-state index is 1.14. The molecule has 0 aromatic heterocycles. The Morgan fingerprint density at radius 1 is 0.542 bits per heavy atom. The average Bonchev–Trinajstić information content (AvgIpc) is 2.59. The lowest BCUT2D eigenvalue weighted by Crippen LogP contribution is -2.64. The maximum atomic E-state index is 10.2. The first-order valence-electron chi connectivity index (χ1n) is 7.30. The normalized spacial score (nSPS) is 50.0. The maximum Gasteiger partial charge on any atom is 0.189 e. The Labute approximate surface area is 138 Å². The summed E-state index contributed by atoms with van der Waals surface area (Å²) in [4.78, 5) is 0. The summed E-state index contributed by atoms with van der Waals surface area (Å²) < 4.78 is 30.8. The third kappa shape index (κ3) is 3.71. The molecule has 0 aromatic carbocycles. The van der Waals surface area contributed by atoms with Crippen LogP contribution in [0.25, 0.3) is 0 Å². The molecule has 2 saturated heterocycles. The second kappa shape index (κ2) is 8.29. The first kappa shape index (κ1) is 19.9. The van der Waals surface area contributed by atoms with Gasteiger partial charge in [-0.3, -0.25) is 0 Å². The summed E-state index contributed by atoms with van der Waals surface area (Å²) in [5.74, 6) is 0. The monoisotopic (exact) mass is 356 g/mol. The highest BCUT2D eigenvalue weighted by Gasteiger charge is 2.51. The van der Waals surface area contributed by atoms with Crippen LogP contribution in [0.2, 0.25) is 0 Å². The van der Waals surface area contributed by atoms with Crippen LogP contribution < -0.4 is 0 Å². The molecule has 0 saturated carbocycles. The Kier molecular flexibility index (Phi) is 6.87. The van der Waals surface area contributed by atoms with E-state index in [0.29, 0.717) is 0 Å². The smallest absolute Gasteiger partial charge is 0.189 e. The highest BCUT2D eigenvalue weighted by atomic mass is 16.8. The molecule has 2 rings (SSSR count). The van der Waals surface area contributed by atoms with Gasteiger partial charge in [0.1, 0.15) is 36.6 Å². The Morgan fingerprint density at radius 2 is 0.958 bits per heavy atom. The summed E-state index contributed by atoms with van der Waals surface area (Å²) in [7, 11) is 3.80. The summed E-state index contributed by atoms with van der Waals surface area (Å²) in [5, 5.41) is 49.7. The third-order valence-corrected chi connectivity index (χ3v) is 4.02. The van der Waals surface area contributed by atoms with Gasteiger partial charge in [0.2, 0.25) is 0 Å². The van der Waals surface area contributed by atoms with Crippen molar-refractivity contribution in [1.82, 2.24) is 0 Å². The van der Waals surface area contributed by atoms with Crippen molar-refractivity contribution in [1.29, 1.82) is 0 Å². The fraction of sp³-hybridized carbons (Fsp3) is 1.00. The maximum absolute atomic E-state index is 10.2. The Morgan fingerprint density at radius 3 is 1.46 bits per heavy atom. The molecule has 0 bridgehead atoms. The van der Waals surface area contributed by atoms with Crippen LogP contribution in [-0.4, -0.2) is 109 Å². The summed E-state index contributed by atoms with van der Waals surface area (Å²) >= 11 is 0. The van der Waals surface area contributed by atoms with Crippen LogP contribution in [0, 0.1) is 0 Å². The van der Waals surface area contributed by atoms with Crippen molar-refractivity contribution in [3.05, 3.63) is 0 Å². The molecule has 2 fully saturated rings. The second-order valence-corrected chi connectivity index (χ2v) is 5.51. The molecule has 5 N–H and O–H groups in total. The third-order valence-electron chi connectivity index (χ3n) is 4.02. The van der Waals surface area contributed by atoms with Crippen LogP contribution in [0.4, 0.5) is 0 Å². The lowest BCUT2D eigenvalue weighted by Gasteiger charge is -2.45. The van der Waals surface area contributed by atoms with Gasteiger partial charge in [-0.25, -0.2) is 0 Å². The number of aliphatic hydroxyl groups excluding tert-OH is 5. The fourth-order valence-corrected chi connectivity index (χ4v) is 2.62. The highest BCUT2D eigenvalue weighted by molar-refractivity contribution is 4.90. The summed E-state index contributed by atoms with van der Waals surface area (Å²) in [6.07, 6.45) is -13.9. The van der Waals surface area contributed by atoms with Gasteiger partial charge in [0, 0.05) is 21.3 Å². The summed E-state index contributed by atoms with van der Waals surface area (Å²) in [6, 6.07) is 0. The Balaban J connectivity index is 2.12. The molecule has 4 unspecified atom stereocenters.